The number of carbonyl (C=O) groups is 1. The molecule has 1 N–H and O–H groups in total. The first-order valence-corrected chi connectivity index (χ1v) is 6.66. The molecule has 2 atom stereocenters. The van der Waals surface area contributed by atoms with Gasteiger partial charge in [0.2, 0.25) is 5.91 Å². The second-order valence-corrected chi connectivity index (χ2v) is 5.20. The van der Waals surface area contributed by atoms with Crippen LogP contribution in [0.2, 0.25) is 0 Å². The van der Waals surface area contributed by atoms with Crippen LogP contribution in [0.1, 0.15) is 53.4 Å². The van der Waals surface area contributed by atoms with E-state index in [9.17, 15) is 4.79 Å². The van der Waals surface area contributed by atoms with Crippen LogP contribution in [0.5, 0.6) is 0 Å². The lowest BCUT2D eigenvalue weighted by Gasteiger charge is -2.25. The lowest BCUT2D eigenvalue weighted by Crippen LogP contribution is -2.39. The summed E-state index contributed by atoms with van der Waals surface area (Å²) in [6.45, 7) is 9.53. The van der Waals surface area contributed by atoms with E-state index in [1.807, 2.05) is 0 Å². The molecule has 1 aliphatic heterocycles. The van der Waals surface area contributed by atoms with E-state index >= 15 is 0 Å². The molecule has 1 heterocycles. The predicted molar refractivity (Wildman–Crippen MR) is 67.1 cm³/mol. The summed E-state index contributed by atoms with van der Waals surface area (Å²) in [7, 11) is 0. The van der Waals surface area contributed by atoms with E-state index in [-0.39, 0.29) is 12.2 Å². The minimum Gasteiger partial charge on any atom is -0.326 e. The van der Waals surface area contributed by atoms with Gasteiger partial charge in [0, 0.05) is 6.54 Å². The van der Waals surface area contributed by atoms with E-state index in [1.54, 1.807) is 0 Å². The lowest BCUT2D eigenvalue weighted by molar-refractivity contribution is -0.130. The van der Waals surface area contributed by atoms with Crippen molar-refractivity contribution in [3.05, 3.63) is 0 Å². The van der Waals surface area contributed by atoms with Gasteiger partial charge in [0.1, 0.15) is 0 Å². The van der Waals surface area contributed by atoms with Crippen molar-refractivity contribution in [1.82, 2.24) is 10.2 Å². The minimum absolute atomic E-state index is 0.0697. The zero-order valence-electron chi connectivity index (χ0n) is 11.1. The first-order chi connectivity index (χ1) is 7.60. The Bertz CT molecular complexity index is 228. The van der Waals surface area contributed by atoms with E-state index in [1.165, 1.54) is 0 Å². The molecular formula is C13H26N2O. The fourth-order valence-corrected chi connectivity index (χ4v) is 2.37. The van der Waals surface area contributed by atoms with E-state index in [4.69, 9.17) is 0 Å². The highest BCUT2D eigenvalue weighted by Gasteiger charge is 2.37. The largest absolute Gasteiger partial charge is 0.326 e. The molecule has 1 aliphatic rings. The molecule has 0 aromatic rings. The molecule has 0 aromatic heterocycles. The van der Waals surface area contributed by atoms with Crippen molar-refractivity contribution in [2.45, 2.75) is 65.6 Å². The smallest absolute Gasteiger partial charge is 0.241 e. The van der Waals surface area contributed by atoms with Gasteiger partial charge in [-0.2, -0.15) is 0 Å². The standard InChI is InChI=1S/C13H26N2O/c1-5-7-11-13(16)15(9-10(3)4)12(14-11)8-6-2/h10-12,14H,5-9H2,1-4H3. The van der Waals surface area contributed by atoms with Gasteiger partial charge in [-0.3, -0.25) is 10.1 Å². The van der Waals surface area contributed by atoms with Crippen molar-refractivity contribution in [2.24, 2.45) is 5.92 Å². The molecule has 94 valence electrons. The summed E-state index contributed by atoms with van der Waals surface area (Å²) in [6, 6.07) is 0.0697. The van der Waals surface area contributed by atoms with Gasteiger partial charge >= 0.3 is 0 Å². The fourth-order valence-electron chi connectivity index (χ4n) is 2.37. The molecule has 0 spiro atoms. The Morgan fingerprint density at radius 2 is 1.88 bits per heavy atom. The summed E-state index contributed by atoms with van der Waals surface area (Å²) >= 11 is 0. The van der Waals surface area contributed by atoms with Crippen LogP contribution in [-0.2, 0) is 4.79 Å². The summed E-state index contributed by atoms with van der Waals surface area (Å²) in [5.74, 6) is 0.861. The summed E-state index contributed by atoms with van der Waals surface area (Å²) in [5, 5.41) is 3.47. The number of hydrogen-bond donors (Lipinski definition) is 1. The maximum absolute atomic E-state index is 12.2. The second-order valence-electron chi connectivity index (χ2n) is 5.20. The van der Waals surface area contributed by atoms with Gasteiger partial charge < -0.3 is 4.90 Å². The highest BCUT2D eigenvalue weighted by atomic mass is 16.2. The van der Waals surface area contributed by atoms with Crippen molar-refractivity contribution < 1.29 is 4.79 Å². The van der Waals surface area contributed by atoms with Crippen molar-refractivity contribution in [2.75, 3.05) is 6.54 Å². The van der Waals surface area contributed by atoms with Crippen molar-refractivity contribution >= 4 is 5.91 Å². The third kappa shape index (κ3) is 3.21. The third-order valence-electron chi connectivity index (χ3n) is 3.05. The minimum atomic E-state index is 0.0697. The average Bonchev–Trinajstić information content (AvgIpc) is 2.47. The normalized spacial score (nSPS) is 25.8. The Hall–Kier alpha value is -0.570. The molecule has 3 nitrogen and oxygen atoms in total. The fraction of sp³-hybridized carbons (Fsp3) is 0.923. The zero-order chi connectivity index (χ0) is 12.1. The second kappa shape index (κ2) is 6.24. The topological polar surface area (TPSA) is 32.3 Å². The average molecular weight is 226 g/mol. The molecule has 0 radical (unpaired) electrons. The Kier molecular flexibility index (Phi) is 5.26. The van der Waals surface area contributed by atoms with E-state index < -0.39 is 0 Å². The lowest BCUT2D eigenvalue weighted by atomic mass is 10.1. The van der Waals surface area contributed by atoms with E-state index in [0.717, 1.165) is 32.2 Å². The first-order valence-electron chi connectivity index (χ1n) is 6.66. The van der Waals surface area contributed by atoms with Crippen LogP contribution >= 0.6 is 0 Å². The summed E-state index contributed by atoms with van der Waals surface area (Å²) in [5.41, 5.74) is 0. The van der Waals surface area contributed by atoms with Crippen LogP contribution in [0.3, 0.4) is 0 Å². The van der Waals surface area contributed by atoms with Gasteiger partial charge in [-0.05, 0) is 18.8 Å². The highest BCUT2D eigenvalue weighted by molar-refractivity contribution is 5.84. The van der Waals surface area contributed by atoms with Crippen LogP contribution in [0.4, 0.5) is 0 Å². The number of nitrogens with one attached hydrogen (secondary N) is 1. The summed E-state index contributed by atoms with van der Waals surface area (Å²) in [4.78, 5) is 14.2. The molecule has 0 bridgehead atoms. The molecule has 0 aromatic carbocycles. The SMILES string of the molecule is CCCC1NC(CCC)N(CC(C)C)C1=O. The van der Waals surface area contributed by atoms with Crippen LogP contribution in [0.25, 0.3) is 0 Å². The van der Waals surface area contributed by atoms with Crippen LogP contribution in [-0.4, -0.2) is 29.6 Å². The Morgan fingerprint density at radius 3 is 2.38 bits per heavy atom. The molecule has 0 saturated carbocycles. The third-order valence-corrected chi connectivity index (χ3v) is 3.05. The van der Waals surface area contributed by atoms with Gasteiger partial charge in [0.25, 0.3) is 0 Å². The van der Waals surface area contributed by atoms with Crippen LogP contribution in [0.15, 0.2) is 0 Å². The molecule has 16 heavy (non-hydrogen) atoms. The van der Waals surface area contributed by atoms with Crippen molar-refractivity contribution in [3.8, 4) is 0 Å². The van der Waals surface area contributed by atoms with Gasteiger partial charge in [-0.15, -0.1) is 0 Å². The van der Waals surface area contributed by atoms with Gasteiger partial charge in [0.05, 0.1) is 12.2 Å². The highest BCUT2D eigenvalue weighted by Crippen LogP contribution is 2.19. The number of rotatable bonds is 6. The molecule has 1 rings (SSSR count). The zero-order valence-corrected chi connectivity index (χ0v) is 11.1. The van der Waals surface area contributed by atoms with E-state index in [0.29, 0.717) is 11.8 Å². The Balaban J connectivity index is 2.64. The number of amides is 1. The molecule has 0 aliphatic carbocycles. The Labute approximate surface area is 99.6 Å². The molecule has 1 saturated heterocycles. The molecule has 1 amide bonds. The van der Waals surface area contributed by atoms with Crippen LogP contribution in [0, 0.1) is 5.92 Å². The number of hydrogen-bond acceptors (Lipinski definition) is 2. The van der Waals surface area contributed by atoms with Crippen LogP contribution < -0.4 is 5.32 Å². The van der Waals surface area contributed by atoms with Crippen molar-refractivity contribution in [3.63, 3.8) is 0 Å². The summed E-state index contributed by atoms with van der Waals surface area (Å²) in [6.07, 6.45) is 4.50. The number of carbonyl (C=O) groups excluding carboxylic acids is 1. The Morgan fingerprint density at radius 1 is 1.25 bits per heavy atom. The molecule has 2 unspecified atom stereocenters. The van der Waals surface area contributed by atoms with E-state index in [2.05, 4.69) is 37.9 Å². The maximum Gasteiger partial charge on any atom is 0.241 e. The monoisotopic (exact) mass is 226 g/mol. The summed E-state index contributed by atoms with van der Waals surface area (Å²) < 4.78 is 0. The first kappa shape index (κ1) is 13.5. The van der Waals surface area contributed by atoms with Gasteiger partial charge in [-0.1, -0.05) is 40.5 Å². The van der Waals surface area contributed by atoms with Gasteiger partial charge in [0.15, 0.2) is 0 Å². The predicted octanol–water partition coefficient (Wildman–Crippen LogP) is 2.37. The molecular weight excluding hydrogens is 200 g/mol. The maximum atomic E-state index is 12.2. The molecule has 3 heteroatoms. The molecule has 1 fully saturated rings. The quantitative estimate of drug-likeness (QED) is 0.754. The number of nitrogens with zero attached hydrogens (tertiary/aromatic N) is 1. The van der Waals surface area contributed by atoms with Crippen molar-refractivity contribution in [1.29, 1.82) is 0 Å². The van der Waals surface area contributed by atoms with Gasteiger partial charge in [-0.25, -0.2) is 0 Å².